The smallest absolute Gasteiger partial charge is 0.323 e. The number of aliphatic carboxylic acids is 1. The van der Waals surface area contributed by atoms with Gasteiger partial charge in [-0.05, 0) is 38.2 Å². The second kappa shape index (κ2) is 9.97. The van der Waals surface area contributed by atoms with Crippen LogP contribution in [0.2, 0.25) is 0 Å². The largest absolute Gasteiger partial charge is 0.480 e. The SMILES string of the molecule is Cc1ccc(CCCC(=O)NCCCC(O)C(N)C(=O)O)cc1. The molecule has 6 heteroatoms. The first-order valence-corrected chi connectivity index (χ1v) is 7.89. The van der Waals surface area contributed by atoms with Crippen molar-refractivity contribution in [2.75, 3.05) is 6.54 Å². The zero-order valence-electron chi connectivity index (χ0n) is 13.5. The number of rotatable bonds is 10. The Balaban J connectivity index is 2.10. The normalized spacial score (nSPS) is 13.3. The molecule has 0 radical (unpaired) electrons. The average Bonchev–Trinajstić information content (AvgIpc) is 2.52. The molecule has 0 saturated carbocycles. The van der Waals surface area contributed by atoms with Crippen LogP contribution in [-0.2, 0) is 16.0 Å². The van der Waals surface area contributed by atoms with Crippen LogP contribution in [0.5, 0.6) is 0 Å². The van der Waals surface area contributed by atoms with E-state index in [0.29, 0.717) is 19.4 Å². The molecule has 0 aliphatic carbocycles. The summed E-state index contributed by atoms with van der Waals surface area (Å²) in [7, 11) is 0. The monoisotopic (exact) mass is 322 g/mol. The summed E-state index contributed by atoms with van der Waals surface area (Å²) in [5, 5.41) is 20.9. The molecular weight excluding hydrogens is 296 g/mol. The molecule has 2 unspecified atom stereocenters. The highest BCUT2D eigenvalue weighted by molar-refractivity contribution is 5.75. The minimum Gasteiger partial charge on any atom is -0.480 e. The molecule has 1 amide bonds. The molecule has 0 heterocycles. The summed E-state index contributed by atoms with van der Waals surface area (Å²) in [6, 6.07) is 6.98. The third-order valence-corrected chi connectivity index (χ3v) is 3.69. The van der Waals surface area contributed by atoms with Gasteiger partial charge in [0, 0.05) is 13.0 Å². The van der Waals surface area contributed by atoms with Crippen LogP contribution in [0.1, 0.15) is 36.8 Å². The Labute approximate surface area is 136 Å². The Hall–Kier alpha value is -1.92. The van der Waals surface area contributed by atoms with Crippen LogP contribution in [-0.4, -0.2) is 40.8 Å². The van der Waals surface area contributed by atoms with E-state index in [1.807, 2.05) is 6.92 Å². The zero-order valence-corrected chi connectivity index (χ0v) is 13.5. The number of carbonyl (C=O) groups is 2. The van der Waals surface area contributed by atoms with E-state index in [2.05, 4.69) is 29.6 Å². The second-order valence-electron chi connectivity index (χ2n) is 5.76. The van der Waals surface area contributed by atoms with Crippen molar-refractivity contribution in [2.45, 2.75) is 51.2 Å². The molecule has 5 N–H and O–H groups in total. The van der Waals surface area contributed by atoms with Crippen molar-refractivity contribution in [1.29, 1.82) is 0 Å². The van der Waals surface area contributed by atoms with Crippen LogP contribution in [0.3, 0.4) is 0 Å². The lowest BCUT2D eigenvalue weighted by atomic mass is 10.1. The van der Waals surface area contributed by atoms with Gasteiger partial charge in [0.25, 0.3) is 0 Å². The summed E-state index contributed by atoms with van der Waals surface area (Å²) >= 11 is 0. The second-order valence-corrected chi connectivity index (χ2v) is 5.76. The highest BCUT2D eigenvalue weighted by Crippen LogP contribution is 2.07. The van der Waals surface area contributed by atoms with E-state index in [4.69, 9.17) is 10.8 Å². The zero-order chi connectivity index (χ0) is 17.2. The fourth-order valence-electron chi connectivity index (χ4n) is 2.18. The van der Waals surface area contributed by atoms with E-state index in [1.54, 1.807) is 0 Å². The number of carboxylic acid groups (broad SMARTS) is 1. The van der Waals surface area contributed by atoms with E-state index in [1.165, 1.54) is 11.1 Å². The lowest BCUT2D eigenvalue weighted by Gasteiger charge is -2.14. The molecule has 0 aliphatic rings. The van der Waals surface area contributed by atoms with Crippen LogP contribution in [0.4, 0.5) is 0 Å². The van der Waals surface area contributed by atoms with Crippen molar-refractivity contribution in [2.24, 2.45) is 5.73 Å². The summed E-state index contributed by atoms with van der Waals surface area (Å²) in [5.74, 6) is -1.26. The van der Waals surface area contributed by atoms with Crippen molar-refractivity contribution in [3.8, 4) is 0 Å². The van der Waals surface area contributed by atoms with Crippen LogP contribution >= 0.6 is 0 Å². The van der Waals surface area contributed by atoms with Crippen LogP contribution in [0.15, 0.2) is 24.3 Å². The number of nitrogens with one attached hydrogen (secondary N) is 1. The van der Waals surface area contributed by atoms with Crippen molar-refractivity contribution in [1.82, 2.24) is 5.32 Å². The molecule has 1 rings (SSSR count). The standard InChI is InChI=1S/C17H26N2O4/c1-12-7-9-13(10-8-12)4-2-6-15(21)19-11-3-5-14(20)16(18)17(22)23/h7-10,14,16,20H,2-6,11,18H2,1H3,(H,19,21)(H,22,23). The van der Waals surface area contributed by atoms with E-state index < -0.39 is 18.1 Å². The van der Waals surface area contributed by atoms with Gasteiger partial charge >= 0.3 is 5.97 Å². The molecule has 0 saturated heterocycles. The molecule has 128 valence electrons. The van der Waals surface area contributed by atoms with Crippen LogP contribution < -0.4 is 11.1 Å². The number of amides is 1. The minimum atomic E-state index is -1.28. The number of aryl methyl sites for hydroxylation is 2. The minimum absolute atomic E-state index is 0.0332. The highest BCUT2D eigenvalue weighted by Gasteiger charge is 2.21. The first-order valence-electron chi connectivity index (χ1n) is 7.89. The van der Waals surface area contributed by atoms with Gasteiger partial charge < -0.3 is 21.3 Å². The highest BCUT2D eigenvalue weighted by atomic mass is 16.4. The molecule has 6 nitrogen and oxygen atoms in total. The van der Waals surface area contributed by atoms with Gasteiger partial charge in [-0.15, -0.1) is 0 Å². The van der Waals surface area contributed by atoms with Gasteiger partial charge in [-0.3, -0.25) is 9.59 Å². The number of aliphatic hydroxyl groups is 1. The summed E-state index contributed by atoms with van der Waals surface area (Å²) < 4.78 is 0. The summed E-state index contributed by atoms with van der Waals surface area (Å²) in [6.45, 7) is 2.45. The third kappa shape index (κ3) is 7.76. The number of carbonyl (C=O) groups excluding carboxylic acids is 1. The van der Waals surface area contributed by atoms with Gasteiger partial charge in [0.2, 0.25) is 5.91 Å². The van der Waals surface area contributed by atoms with Gasteiger partial charge in [-0.1, -0.05) is 29.8 Å². The molecule has 23 heavy (non-hydrogen) atoms. The number of hydrogen-bond acceptors (Lipinski definition) is 4. The summed E-state index contributed by atoms with van der Waals surface area (Å²) in [6.07, 6.45) is 1.74. The number of hydrogen-bond donors (Lipinski definition) is 4. The van der Waals surface area contributed by atoms with Gasteiger partial charge in [0.15, 0.2) is 0 Å². The van der Waals surface area contributed by atoms with Crippen molar-refractivity contribution < 1.29 is 19.8 Å². The van der Waals surface area contributed by atoms with Crippen LogP contribution in [0, 0.1) is 6.92 Å². The van der Waals surface area contributed by atoms with E-state index in [0.717, 1.165) is 12.8 Å². The van der Waals surface area contributed by atoms with E-state index in [-0.39, 0.29) is 12.3 Å². The van der Waals surface area contributed by atoms with Crippen molar-refractivity contribution in [3.05, 3.63) is 35.4 Å². The fourth-order valence-corrected chi connectivity index (χ4v) is 2.18. The Morgan fingerprint density at radius 2 is 1.87 bits per heavy atom. The quantitative estimate of drug-likeness (QED) is 0.480. The predicted octanol–water partition coefficient (Wildman–Crippen LogP) is 0.987. The topological polar surface area (TPSA) is 113 Å². The Bertz CT molecular complexity index is 502. The molecular formula is C17H26N2O4. The molecule has 2 atom stereocenters. The maximum Gasteiger partial charge on any atom is 0.323 e. The third-order valence-electron chi connectivity index (χ3n) is 3.69. The Morgan fingerprint density at radius 1 is 1.22 bits per heavy atom. The van der Waals surface area contributed by atoms with E-state index in [9.17, 15) is 14.7 Å². The fraction of sp³-hybridized carbons (Fsp3) is 0.529. The number of aliphatic hydroxyl groups excluding tert-OH is 1. The summed E-state index contributed by atoms with van der Waals surface area (Å²) in [5.41, 5.74) is 7.73. The number of nitrogens with two attached hydrogens (primary N) is 1. The Kier molecular flexibility index (Phi) is 8.29. The molecule has 0 bridgehead atoms. The molecule has 0 aromatic heterocycles. The average molecular weight is 322 g/mol. The van der Waals surface area contributed by atoms with Gasteiger partial charge in [0.05, 0.1) is 6.10 Å². The molecule has 1 aromatic carbocycles. The molecule has 0 spiro atoms. The van der Waals surface area contributed by atoms with Gasteiger partial charge in [-0.25, -0.2) is 0 Å². The number of carboxylic acids is 1. The first-order chi connectivity index (χ1) is 10.9. The van der Waals surface area contributed by atoms with Gasteiger partial charge in [0.1, 0.15) is 6.04 Å². The maximum atomic E-state index is 11.7. The molecule has 0 fully saturated rings. The Morgan fingerprint density at radius 3 is 2.48 bits per heavy atom. The lowest BCUT2D eigenvalue weighted by molar-refractivity contribution is -0.141. The lowest BCUT2D eigenvalue weighted by Crippen LogP contribution is -2.42. The summed E-state index contributed by atoms with van der Waals surface area (Å²) in [4.78, 5) is 22.3. The molecule has 1 aromatic rings. The van der Waals surface area contributed by atoms with Crippen molar-refractivity contribution >= 4 is 11.9 Å². The van der Waals surface area contributed by atoms with E-state index >= 15 is 0 Å². The van der Waals surface area contributed by atoms with Crippen molar-refractivity contribution in [3.63, 3.8) is 0 Å². The first kappa shape index (κ1) is 19.1. The number of benzene rings is 1. The van der Waals surface area contributed by atoms with Crippen LogP contribution in [0.25, 0.3) is 0 Å². The maximum absolute atomic E-state index is 11.7. The van der Waals surface area contributed by atoms with Gasteiger partial charge in [-0.2, -0.15) is 0 Å². The predicted molar refractivity (Wildman–Crippen MR) is 88.0 cm³/mol. The molecule has 0 aliphatic heterocycles.